The molecule has 0 N–H and O–H groups in total. The number of hydrogen-bond acceptors (Lipinski definition) is 5. The Kier molecular flexibility index (Phi) is 4.41. The lowest BCUT2D eigenvalue weighted by molar-refractivity contribution is 0.245. The molecule has 5 nitrogen and oxygen atoms in total. The highest BCUT2D eigenvalue weighted by molar-refractivity contribution is 5.22. The third-order valence-electron chi connectivity index (χ3n) is 3.13. The molecule has 0 amide bonds. The monoisotopic (exact) mass is 258 g/mol. The molecule has 2 aromatic rings. The second kappa shape index (κ2) is 6.24. The largest absolute Gasteiger partial charge is 0.497 e. The molecule has 0 aliphatic rings. The van der Waals surface area contributed by atoms with E-state index >= 15 is 0 Å². The molecule has 0 bridgehead atoms. The summed E-state index contributed by atoms with van der Waals surface area (Å²) in [6, 6.07) is 5.93. The Labute approximate surface area is 113 Å². The van der Waals surface area contributed by atoms with E-state index in [0.29, 0.717) is 0 Å². The van der Waals surface area contributed by atoms with Gasteiger partial charge in [-0.15, -0.1) is 0 Å². The third-order valence-corrected chi connectivity index (χ3v) is 3.13. The highest BCUT2D eigenvalue weighted by atomic mass is 16.5. The fourth-order valence-electron chi connectivity index (χ4n) is 1.84. The van der Waals surface area contributed by atoms with Crippen LogP contribution in [-0.4, -0.2) is 34.0 Å². The van der Waals surface area contributed by atoms with Crippen molar-refractivity contribution < 1.29 is 4.74 Å². The van der Waals surface area contributed by atoms with Gasteiger partial charge in [0.2, 0.25) is 0 Å². The van der Waals surface area contributed by atoms with Crippen molar-refractivity contribution in [3.63, 3.8) is 0 Å². The van der Waals surface area contributed by atoms with Crippen LogP contribution in [0.5, 0.6) is 5.75 Å². The van der Waals surface area contributed by atoms with E-state index in [1.165, 1.54) is 0 Å². The zero-order valence-corrected chi connectivity index (χ0v) is 11.4. The number of hydrogen-bond donors (Lipinski definition) is 0. The van der Waals surface area contributed by atoms with Crippen LogP contribution in [-0.2, 0) is 6.54 Å². The first-order valence-corrected chi connectivity index (χ1v) is 6.15. The minimum atomic E-state index is 0.205. The molecule has 0 saturated heterocycles. The summed E-state index contributed by atoms with van der Waals surface area (Å²) in [5, 5.41) is 0. The molecule has 0 saturated carbocycles. The van der Waals surface area contributed by atoms with Crippen LogP contribution in [0.1, 0.15) is 24.4 Å². The highest BCUT2D eigenvalue weighted by Gasteiger charge is 2.13. The molecule has 0 aliphatic carbocycles. The van der Waals surface area contributed by atoms with Gasteiger partial charge in [-0.1, -0.05) is 0 Å². The fourth-order valence-corrected chi connectivity index (χ4v) is 1.84. The third kappa shape index (κ3) is 3.48. The minimum Gasteiger partial charge on any atom is -0.497 e. The Morgan fingerprint density at radius 3 is 2.79 bits per heavy atom. The molecule has 0 radical (unpaired) electrons. The normalized spacial score (nSPS) is 12.4. The van der Waals surface area contributed by atoms with Gasteiger partial charge in [-0.25, -0.2) is 9.97 Å². The van der Waals surface area contributed by atoms with Crippen LogP contribution in [0.2, 0.25) is 0 Å². The average molecular weight is 258 g/mol. The Hall–Kier alpha value is -2.01. The van der Waals surface area contributed by atoms with Crippen molar-refractivity contribution in [3.05, 3.63) is 48.3 Å². The van der Waals surface area contributed by atoms with Crippen LogP contribution in [0, 0.1) is 0 Å². The molecule has 2 aromatic heterocycles. The molecule has 2 rings (SSSR count). The summed E-state index contributed by atoms with van der Waals surface area (Å²) < 4.78 is 5.20. The molecule has 0 unspecified atom stereocenters. The van der Waals surface area contributed by atoms with Gasteiger partial charge < -0.3 is 4.74 Å². The summed E-state index contributed by atoms with van der Waals surface area (Å²) >= 11 is 0. The Morgan fingerprint density at radius 1 is 1.26 bits per heavy atom. The van der Waals surface area contributed by atoms with Crippen LogP contribution in [0.15, 0.2) is 36.9 Å². The topological polar surface area (TPSA) is 51.1 Å². The van der Waals surface area contributed by atoms with Crippen molar-refractivity contribution in [2.75, 3.05) is 14.2 Å². The van der Waals surface area contributed by atoms with Crippen molar-refractivity contribution in [1.29, 1.82) is 0 Å². The first-order valence-electron chi connectivity index (χ1n) is 6.15. The highest BCUT2D eigenvalue weighted by Crippen LogP contribution is 2.18. The van der Waals surface area contributed by atoms with Gasteiger partial charge in [-0.2, -0.15) is 0 Å². The van der Waals surface area contributed by atoms with E-state index in [0.717, 1.165) is 23.7 Å². The number of rotatable bonds is 5. The second-order valence-electron chi connectivity index (χ2n) is 4.41. The number of pyridine rings is 1. The SMILES string of the molecule is COc1ccnc(CN(C)[C@@H](C)c2ccncn2)c1. The summed E-state index contributed by atoms with van der Waals surface area (Å²) in [6.07, 6.45) is 5.09. The van der Waals surface area contributed by atoms with Gasteiger partial charge >= 0.3 is 0 Å². The lowest BCUT2D eigenvalue weighted by Gasteiger charge is -2.23. The lowest BCUT2D eigenvalue weighted by atomic mass is 10.2. The summed E-state index contributed by atoms with van der Waals surface area (Å²) in [4.78, 5) is 14.7. The first kappa shape index (κ1) is 13.4. The van der Waals surface area contributed by atoms with Crippen LogP contribution in [0.25, 0.3) is 0 Å². The zero-order chi connectivity index (χ0) is 13.7. The Morgan fingerprint density at radius 2 is 2.11 bits per heavy atom. The van der Waals surface area contributed by atoms with E-state index in [4.69, 9.17) is 4.74 Å². The Balaban J connectivity index is 2.06. The maximum Gasteiger partial charge on any atom is 0.122 e. The fraction of sp³-hybridized carbons (Fsp3) is 0.357. The molecule has 0 fully saturated rings. The van der Waals surface area contributed by atoms with Crippen LogP contribution >= 0.6 is 0 Å². The van der Waals surface area contributed by atoms with E-state index < -0.39 is 0 Å². The molecular weight excluding hydrogens is 240 g/mol. The van der Waals surface area contributed by atoms with Crippen molar-refractivity contribution in [2.45, 2.75) is 19.5 Å². The van der Waals surface area contributed by atoms with E-state index in [1.54, 1.807) is 25.8 Å². The van der Waals surface area contributed by atoms with Crippen LogP contribution in [0.4, 0.5) is 0 Å². The van der Waals surface area contributed by atoms with Crippen molar-refractivity contribution in [1.82, 2.24) is 19.9 Å². The van der Waals surface area contributed by atoms with E-state index in [2.05, 4.69) is 26.8 Å². The van der Waals surface area contributed by atoms with Gasteiger partial charge in [0.25, 0.3) is 0 Å². The lowest BCUT2D eigenvalue weighted by Crippen LogP contribution is -2.23. The van der Waals surface area contributed by atoms with Crippen molar-refractivity contribution in [2.24, 2.45) is 0 Å². The predicted molar refractivity (Wildman–Crippen MR) is 72.7 cm³/mol. The number of aromatic nitrogens is 3. The predicted octanol–water partition coefficient (Wildman–Crippen LogP) is 2.07. The molecule has 0 aliphatic heterocycles. The molecule has 100 valence electrons. The summed E-state index contributed by atoms with van der Waals surface area (Å²) in [5.41, 5.74) is 1.98. The van der Waals surface area contributed by atoms with Gasteiger partial charge in [0.15, 0.2) is 0 Å². The summed E-state index contributed by atoms with van der Waals surface area (Å²) in [5.74, 6) is 0.827. The summed E-state index contributed by atoms with van der Waals surface area (Å²) in [6.45, 7) is 2.85. The van der Waals surface area contributed by atoms with Gasteiger partial charge in [0.1, 0.15) is 12.1 Å². The first-order chi connectivity index (χ1) is 9.20. The molecule has 5 heteroatoms. The van der Waals surface area contributed by atoms with E-state index in [9.17, 15) is 0 Å². The summed E-state index contributed by atoms with van der Waals surface area (Å²) in [7, 11) is 3.71. The van der Waals surface area contributed by atoms with Gasteiger partial charge in [-0.3, -0.25) is 9.88 Å². The average Bonchev–Trinajstić information content (AvgIpc) is 2.47. The maximum absolute atomic E-state index is 5.20. The molecule has 19 heavy (non-hydrogen) atoms. The Bertz CT molecular complexity index is 518. The molecule has 0 spiro atoms. The second-order valence-corrected chi connectivity index (χ2v) is 4.41. The molecule has 2 heterocycles. The molecule has 1 atom stereocenters. The van der Waals surface area contributed by atoms with Crippen molar-refractivity contribution in [3.8, 4) is 5.75 Å². The standard InChI is InChI=1S/C14H18N4O/c1-11(14-5-6-15-10-17-14)18(2)9-12-8-13(19-3)4-7-16-12/h4-8,10-11H,9H2,1-3H3/t11-/m0/s1. The van der Waals surface area contributed by atoms with Gasteiger partial charge in [0.05, 0.1) is 18.5 Å². The minimum absolute atomic E-state index is 0.205. The van der Waals surface area contributed by atoms with Crippen LogP contribution in [0.3, 0.4) is 0 Å². The molecule has 0 aromatic carbocycles. The van der Waals surface area contributed by atoms with Crippen molar-refractivity contribution >= 4 is 0 Å². The quantitative estimate of drug-likeness (QED) is 0.821. The number of methoxy groups -OCH3 is 1. The van der Waals surface area contributed by atoms with Crippen LogP contribution < -0.4 is 4.74 Å². The zero-order valence-electron chi connectivity index (χ0n) is 11.4. The maximum atomic E-state index is 5.20. The molecular formula is C14H18N4O. The van der Waals surface area contributed by atoms with E-state index in [1.807, 2.05) is 25.2 Å². The number of nitrogens with zero attached hydrogens (tertiary/aromatic N) is 4. The van der Waals surface area contributed by atoms with Gasteiger partial charge in [-0.05, 0) is 26.1 Å². The van der Waals surface area contributed by atoms with E-state index in [-0.39, 0.29) is 6.04 Å². The smallest absolute Gasteiger partial charge is 0.122 e. The number of ether oxygens (including phenoxy) is 1. The van der Waals surface area contributed by atoms with Gasteiger partial charge in [0, 0.05) is 31.0 Å².